The van der Waals surface area contributed by atoms with Gasteiger partial charge in [-0.1, -0.05) is 69.2 Å². The Morgan fingerprint density at radius 2 is 1.19 bits per heavy atom. The molecule has 2 N–H and O–H groups in total. The summed E-state index contributed by atoms with van der Waals surface area (Å²) in [5.74, 6) is -7.61. The molecule has 0 aromatic carbocycles. The van der Waals surface area contributed by atoms with E-state index in [9.17, 15) is 39.0 Å². The maximum absolute atomic E-state index is 13.3. The highest BCUT2D eigenvalue weighted by Crippen LogP contribution is 2.53. The largest absolute Gasteiger partial charge is 0.462 e. The third kappa shape index (κ3) is 11.9. The summed E-state index contributed by atoms with van der Waals surface area (Å²) >= 11 is 0. The topological polar surface area (TPSA) is 207 Å². The molecule has 2 aliphatic rings. The van der Waals surface area contributed by atoms with Gasteiger partial charge in [-0.15, -0.1) is 0 Å². The minimum Gasteiger partial charge on any atom is -0.462 e. The van der Waals surface area contributed by atoms with E-state index in [1.165, 1.54) is 0 Å². The Balaban J connectivity index is 2.50. The van der Waals surface area contributed by atoms with Gasteiger partial charge < -0.3 is 43.4 Å². The Bertz CT molecular complexity index is 1320. The molecule has 0 bridgehead atoms. The molecule has 2 rings (SSSR count). The number of aliphatic hydroxyl groups is 2. The fourth-order valence-corrected chi connectivity index (χ4v) is 6.07. The zero-order valence-corrected chi connectivity index (χ0v) is 32.3. The molecule has 1 aliphatic heterocycles. The van der Waals surface area contributed by atoms with E-state index in [0.717, 1.165) is 13.2 Å². The maximum Gasteiger partial charge on any atom is 0.348 e. The smallest absolute Gasteiger partial charge is 0.348 e. The van der Waals surface area contributed by atoms with Crippen LogP contribution in [0, 0.1) is 35.5 Å². The van der Waals surface area contributed by atoms with Gasteiger partial charge in [-0.2, -0.15) is 0 Å². The van der Waals surface area contributed by atoms with Crippen molar-refractivity contribution in [1.82, 2.24) is 0 Å². The van der Waals surface area contributed by atoms with Crippen molar-refractivity contribution in [3.05, 3.63) is 11.8 Å². The number of fused-ring (bicyclic) bond motifs is 1. The van der Waals surface area contributed by atoms with Crippen molar-refractivity contribution in [2.24, 2.45) is 35.5 Å². The molecule has 0 radical (unpaired) electrons. The third-order valence-electron chi connectivity index (χ3n) is 8.57. The minimum absolute atomic E-state index is 0.0173. The van der Waals surface area contributed by atoms with E-state index >= 15 is 0 Å². The summed E-state index contributed by atoms with van der Waals surface area (Å²) in [5.41, 5.74) is -4.80. The number of rotatable bonds is 18. The molecular weight excluding hydrogens is 684 g/mol. The van der Waals surface area contributed by atoms with Crippen LogP contribution in [-0.4, -0.2) is 95.0 Å². The van der Waals surface area contributed by atoms with Gasteiger partial charge in [-0.3, -0.25) is 19.2 Å². The minimum atomic E-state index is -2.46. The van der Waals surface area contributed by atoms with Crippen LogP contribution in [0.3, 0.4) is 0 Å². The number of hydrogen-bond donors (Lipinski definition) is 2. The van der Waals surface area contributed by atoms with Crippen molar-refractivity contribution >= 4 is 35.8 Å². The van der Waals surface area contributed by atoms with Gasteiger partial charge in [-0.05, 0) is 17.8 Å². The Morgan fingerprint density at radius 1 is 0.731 bits per heavy atom. The first-order chi connectivity index (χ1) is 24.0. The molecule has 0 aromatic heterocycles. The second-order valence-electron chi connectivity index (χ2n) is 15.7. The van der Waals surface area contributed by atoms with Crippen LogP contribution in [0.5, 0.6) is 0 Å². The Labute approximate surface area is 306 Å². The Kier molecular flexibility index (Phi) is 16.1. The van der Waals surface area contributed by atoms with E-state index in [2.05, 4.69) is 0 Å². The van der Waals surface area contributed by atoms with Crippen molar-refractivity contribution in [3.63, 3.8) is 0 Å². The molecule has 0 saturated heterocycles. The first-order valence-electron chi connectivity index (χ1n) is 17.9. The molecule has 0 spiro atoms. The molecule has 1 heterocycles. The Hall–Kier alpha value is -3.72. The number of ether oxygens (including phenoxy) is 7. The van der Waals surface area contributed by atoms with Crippen LogP contribution in [0.2, 0.25) is 0 Å². The first kappa shape index (κ1) is 44.4. The van der Waals surface area contributed by atoms with Crippen molar-refractivity contribution in [2.75, 3.05) is 13.2 Å². The summed E-state index contributed by atoms with van der Waals surface area (Å²) in [6.45, 7) is 16.9. The monoisotopic (exact) mass is 742 g/mol. The lowest BCUT2D eigenvalue weighted by atomic mass is 9.77. The second kappa shape index (κ2) is 18.9. The summed E-state index contributed by atoms with van der Waals surface area (Å²) < 4.78 is 38.6. The standard InChI is InChI=1S/C37H58O15/c1-19(2)12-27(39)50-30(22(7)8)33(42)46-16-25-17-47-35(52-29(41)14-21(5)6)32-36(25,44)15-26(49-24(11)38)37(32,45)18-48-34(43)31(23(9)10)51-28(40)13-20(3)4/h17,19-23,26,30-32,35,44-45H,12-16,18H2,1-11H3/t26-,30?,31?,32?,35-,36-,37+/m0/s1. The lowest BCUT2D eigenvalue weighted by molar-refractivity contribution is -0.242. The Morgan fingerprint density at radius 3 is 1.63 bits per heavy atom. The molecule has 7 atom stereocenters. The van der Waals surface area contributed by atoms with Gasteiger partial charge >= 0.3 is 35.8 Å². The summed E-state index contributed by atoms with van der Waals surface area (Å²) in [6, 6.07) is 0. The molecule has 1 fully saturated rings. The van der Waals surface area contributed by atoms with Crippen LogP contribution in [0.25, 0.3) is 0 Å². The fourth-order valence-electron chi connectivity index (χ4n) is 6.07. The molecule has 0 aromatic rings. The van der Waals surface area contributed by atoms with E-state index in [1.54, 1.807) is 41.5 Å². The predicted octanol–water partition coefficient (Wildman–Crippen LogP) is 3.54. The lowest BCUT2D eigenvalue weighted by Gasteiger charge is -2.44. The molecule has 296 valence electrons. The third-order valence-corrected chi connectivity index (χ3v) is 8.57. The van der Waals surface area contributed by atoms with Gasteiger partial charge in [0.1, 0.15) is 36.4 Å². The molecule has 1 aliphatic carbocycles. The predicted molar refractivity (Wildman–Crippen MR) is 182 cm³/mol. The van der Waals surface area contributed by atoms with Gasteiger partial charge in [-0.25, -0.2) is 9.59 Å². The molecule has 0 amide bonds. The molecular formula is C37H58O15. The number of esters is 6. The lowest BCUT2D eigenvalue weighted by Crippen LogP contribution is -2.60. The zero-order valence-electron chi connectivity index (χ0n) is 32.3. The van der Waals surface area contributed by atoms with Crippen molar-refractivity contribution in [3.8, 4) is 0 Å². The van der Waals surface area contributed by atoms with Gasteiger partial charge in [0.2, 0.25) is 12.2 Å². The summed E-state index contributed by atoms with van der Waals surface area (Å²) in [4.78, 5) is 76.5. The first-order valence-corrected chi connectivity index (χ1v) is 17.9. The second-order valence-corrected chi connectivity index (χ2v) is 15.7. The van der Waals surface area contributed by atoms with Crippen LogP contribution < -0.4 is 0 Å². The van der Waals surface area contributed by atoms with Crippen molar-refractivity contribution < 1.29 is 72.1 Å². The SMILES string of the molecule is CC(=O)O[C@H]1C[C@]2(O)C(COC(=O)C(OC(=O)CC(C)C)C(C)C)=CO[C@@H](OC(=O)CC(C)C)C2[C@@]1(O)COC(=O)C(OC(=O)CC(C)C)C(C)C. The maximum atomic E-state index is 13.3. The normalized spacial score (nSPS) is 25.2. The van der Waals surface area contributed by atoms with Crippen molar-refractivity contribution in [2.45, 2.75) is 138 Å². The molecule has 1 saturated carbocycles. The van der Waals surface area contributed by atoms with Crippen LogP contribution >= 0.6 is 0 Å². The highest BCUT2D eigenvalue weighted by molar-refractivity contribution is 5.80. The van der Waals surface area contributed by atoms with Crippen LogP contribution in [0.4, 0.5) is 0 Å². The van der Waals surface area contributed by atoms with E-state index in [1.807, 2.05) is 27.7 Å². The van der Waals surface area contributed by atoms with E-state index in [0.29, 0.717) is 0 Å². The van der Waals surface area contributed by atoms with E-state index in [-0.39, 0.29) is 42.6 Å². The summed E-state index contributed by atoms with van der Waals surface area (Å²) in [5, 5.41) is 24.7. The van der Waals surface area contributed by atoms with Gasteiger partial charge in [0.05, 0.1) is 6.26 Å². The molecule has 52 heavy (non-hydrogen) atoms. The fraction of sp³-hybridized carbons (Fsp3) is 0.784. The number of carbonyl (C=O) groups is 6. The van der Waals surface area contributed by atoms with Gasteiger partial charge in [0.25, 0.3) is 6.29 Å². The highest BCUT2D eigenvalue weighted by Gasteiger charge is 2.70. The van der Waals surface area contributed by atoms with Crippen LogP contribution in [-0.2, 0) is 61.9 Å². The van der Waals surface area contributed by atoms with E-state index in [4.69, 9.17) is 33.2 Å². The average molecular weight is 743 g/mol. The van der Waals surface area contributed by atoms with Crippen LogP contribution in [0.1, 0.15) is 102 Å². The zero-order chi connectivity index (χ0) is 39.7. The summed E-state index contributed by atoms with van der Waals surface area (Å²) in [7, 11) is 0. The van der Waals surface area contributed by atoms with Gasteiger partial charge in [0, 0.05) is 50.0 Å². The van der Waals surface area contributed by atoms with Crippen LogP contribution in [0.15, 0.2) is 11.8 Å². The molecule has 15 nitrogen and oxygen atoms in total. The van der Waals surface area contributed by atoms with E-state index < -0.39 is 109 Å². The number of carbonyl (C=O) groups excluding carboxylic acids is 6. The van der Waals surface area contributed by atoms with Crippen molar-refractivity contribution in [1.29, 1.82) is 0 Å². The summed E-state index contributed by atoms with van der Waals surface area (Å²) in [6.07, 6.45) is -5.32. The average Bonchev–Trinajstić information content (AvgIpc) is 3.21. The highest BCUT2D eigenvalue weighted by atomic mass is 16.7. The quantitative estimate of drug-likeness (QED) is 0.152. The molecule has 15 heteroatoms. The molecule has 3 unspecified atom stereocenters. The number of hydrogen-bond acceptors (Lipinski definition) is 15. The van der Waals surface area contributed by atoms with Gasteiger partial charge in [0.15, 0.2) is 0 Å².